The molecule has 0 bridgehead atoms. The number of rotatable bonds is 7. The summed E-state index contributed by atoms with van der Waals surface area (Å²) in [6.45, 7) is 2.73. The van der Waals surface area contributed by atoms with Crippen molar-refractivity contribution in [2.45, 2.75) is 23.9 Å². The Morgan fingerprint density at radius 3 is 2.56 bits per heavy atom. The smallest absolute Gasteiger partial charge is 0.316 e. The maximum absolute atomic E-state index is 11.2. The lowest BCUT2D eigenvalue weighted by atomic mass is 10.3. The third kappa shape index (κ3) is 3.35. The van der Waals surface area contributed by atoms with Crippen LogP contribution in [0.1, 0.15) is 6.92 Å². The van der Waals surface area contributed by atoms with Gasteiger partial charge in [0, 0.05) is 0 Å². The second-order valence-corrected chi connectivity index (χ2v) is 7.33. The molecule has 1 atom stereocenters. The molecular weight excluding hydrogens is 364 g/mol. The van der Waals surface area contributed by atoms with Crippen molar-refractivity contribution in [3.8, 4) is 5.75 Å². The van der Waals surface area contributed by atoms with Gasteiger partial charge in [-0.25, -0.2) is 0 Å². The number of carboxylic acids is 1. The zero-order valence-electron chi connectivity index (χ0n) is 14.6. The van der Waals surface area contributed by atoms with Crippen molar-refractivity contribution in [1.82, 2.24) is 19.2 Å². The van der Waals surface area contributed by atoms with E-state index in [-0.39, 0.29) is 0 Å². The number of imidazole rings is 1. The first-order chi connectivity index (χ1) is 13.1. The number of benzene rings is 2. The topological polar surface area (TPSA) is 81.6 Å². The van der Waals surface area contributed by atoms with E-state index < -0.39 is 11.2 Å². The summed E-state index contributed by atoms with van der Waals surface area (Å²) in [6.07, 6.45) is 0. The Morgan fingerprint density at radius 1 is 1.11 bits per heavy atom. The molecule has 0 saturated carbocycles. The number of hydrogen-bond acceptors (Lipinski definition) is 5. The molecule has 138 valence electrons. The first kappa shape index (κ1) is 17.4. The van der Waals surface area contributed by atoms with E-state index >= 15 is 0 Å². The zero-order chi connectivity index (χ0) is 18.8. The van der Waals surface area contributed by atoms with Gasteiger partial charge in [-0.2, -0.15) is 0 Å². The van der Waals surface area contributed by atoms with Gasteiger partial charge in [-0.15, -0.1) is 10.2 Å². The quantitative estimate of drug-likeness (QED) is 0.494. The number of hydrogen-bond donors (Lipinski definition) is 1. The van der Waals surface area contributed by atoms with Gasteiger partial charge in [0.25, 0.3) is 0 Å². The highest BCUT2D eigenvalue weighted by atomic mass is 32.2. The second-order valence-electron chi connectivity index (χ2n) is 6.02. The van der Waals surface area contributed by atoms with E-state index in [1.165, 1.54) is 11.8 Å². The molecule has 2 aromatic heterocycles. The zero-order valence-corrected chi connectivity index (χ0v) is 15.5. The standard InChI is InChI=1S/C19H18N4O3S/c1-13(17(24)25)27-19-21-20-18-22(11-12-26-14-7-3-2-4-8-14)15-9-5-6-10-16(15)23(18)19/h2-10,13H,11-12H2,1H3,(H,24,25)/t13-/m0/s1. The molecule has 0 amide bonds. The van der Waals surface area contributed by atoms with Gasteiger partial charge >= 0.3 is 5.97 Å². The lowest BCUT2D eigenvalue weighted by molar-refractivity contribution is -0.136. The summed E-state index contributed by atoms with van der Waals surface area (Å²) in [7, 11) is 0. The lowest BCUT2D eigenvalue weighted by Gasteiger charge is -2.07. The van der Waals surface area contributed by atoms with Crippen LogP contribution >= 0.6 is 11.8 Å². The van der Waals surface area contributed by atoms with Gasteiger partial charge in [0.15, 0.2) is 5.16 Å². The predicted octanol–water partition coefficient (Wildman–Crippen LogP) is 3.33. The van der Waals surface area contributed by atoms with Crippen molar-refractivity contribution < 1.29 is 14.6 Å². The fourth-order valence-electron chi connectivity index (χ4n) is 2.91. The van der Waals surface area contributed by atoms with Crippen LogP contribution in [-0.2, 0) is 11.3 Å². The molecule has 4 rings (SSSR count). The molecule has 2 aromatic carbocycles. The third-order valence-corrected chi connectivity index (χ3v) is 5.26. The molecule has 1 N–H and O–H groups in total. The van der Waals surface area contributed by atoms with Gasteiger partial charge in [0.05, 0.1) is 17.6 Å². The summed E-state index contributed by atoms with van der Waals surface area (Å²) in [5.41, 5.74) is 1.95. The Morgan fingerprint density at radius 2 is 1.81 bits per heavy atom. The number of aliphatic carboxylic acids is 1. The molecule has 7 nitrogen and oxygen atoms in total. The van der Waals surface area contributed by atoms with Crippen LogP contribution in [0.15, 0.2) is 59.8 Å². The monoisotopic (exact) mass is 382 g/mol. The molecular formula is C19H18N4O3S. The van der Waals surface area contributed by atoms with Gasteiger partial charge in [0.2, 0.25) is 5.78 Å². The minimum Gasteiger partial charge on any atom is -0.492 e. The van der Waals surface area contributed by atoms with Crippen LogP contribution < -0.4 is 4.74 Å². The van der Waals surface area contributed by atoms with E-state index in [2.05, 4.69) is 10.2 Å². The van der Waals surface area contributed by atoms with Crippen LogP contribution in [0, 0.1) is 0 Å². The highest BCUT2D eigenvalue weighted by molar-refractivity contribution is 8.00. The number of nitrogens with zero attached hydrogens (tertiary/aromatic N) is 4. The van der Waals surface area contributed by atoms with Crippen LogP contribution in [0.4, 0.5) is 0 Å². The van der Waals surface area contributed by atoms with Crippen LogP contribution in [0.5, 0.6) is 5.75 Å². The van der Waals surface area contributed by atoms with Gasteiger partial charge in [-0.3, -0.25) is 9.20 Å². The first-order valence-electron chi connectivity index (χ1n) is 8.55. The molecule has 0 aliphatic carbocycles. The third-order valence-electron chi connectivity index (χ3n) is 4.23. The largest absolute Gasteiger partial charge is 0.492 e. The van der Waals surface area contributed by atoms with Gasteiger partial charge in [-0.1, -0.05) is 42.1 Å². The van der Waals surface area contributed by atoms with E-state index in [1.807, 2.05) is 63.6 Å². The highest BCUT2D eigenvalue weighted by Gasteiger charge is 2.21. The van der Waals surface area contributed by atoms with Crippen molar-refractivity contribution >= 4 is 34.5 Å². The van der Waals surface area contributed by atoms with Gasteiger partial charge in [-0.05, 0) is 31.2 Å². The van der Waals surface area contributed by atoms with E-state index in [4.69, 9.17) is 4.74 Å². The van der Waals surface area contributed by atoms with Crippen molar-refractivity contribution in [3.05, 3.63) is 54.6 Å². The molecule has 0 spiro atoms. The first-order valence-corrected chi connectivity index (χ1v) is 9.43. The summed E-state index contributed by atoms with van der Waals surface area (Å²) in [5.74, 6) is 0.614. The van der Waals surface area contributed by atoms with Crippen molar-refractivity contribution in [1.29, 1.82) is 0 Å². The number of carbonyl (C=O) groups is 1. The number of thioether (sulfide) groups is 1. The van der Waals surface area contributed by atoms with E-state index in [9.17, 15) is 9.90 Å². The normalized spacial score (nSPS) is 12.5. The fourth-order valence-corrected chi connectivity index (χ4v) is 3.70. The summed E-state index contributed by atoms with van der Waals surface area (Å²) in [4.78, 5) is 11.2. The molecule has 0 unspecified atom stereocenters. The van der Waals surface area contributed by atoms with E-state index in [0.29, 0.717) is 24.1 Å². The Bertz CT molecular complexity index is 1090. The van der Waals surface area contributed by atoms with Gasteiger partial charge in [0.1, 0.15) is 17.6 Å². The Hall–Kier alpha value is -3.00. The highest BCUT2D eigenvalue weighted by Crippen LogP contribution is 2.28. The molecule has 2 heterocycles. The summed E-state index contributed by atoms with van der Waals surface area (Å²) in [5, 5.41) is 17.7. The summed E-state index contributed by atoms with van der Waals surface area (Å²) < 4.78 is 9.77. The molecule has 0 aliphatic rings. The van der Waals surface area contributed by atoms with Crippen LogP contribution in [0.25, 0.3) is 16.8 Å². The van der Waals surface area contributed by atoms with E-state index in [0.717, 1.165) is 16.8 Å². The molecule has 0 fully saturated rings. The molecule has 27 heavy (non-hydrogen) atoms. The second kappa shape index (κ2) is 7.32. The Balaban J connectivity index is 1.67. The van der Waals surface area contributed by atoms with Crippen LogP contribution in [0.2, 0.25) is 0 Å². The number of aromatic nitrogens is 4. The average Bonchev–Trinajstić information content (AvgIpc) is 3.22. The number of ether oxygens (including phenoxy) is 1. The maximum Gasteiger partial charge on any atom is 0.316 e. The number of para-hydroxylation sites is 3. The molecule has 8 heteroatoms. The van der Waals surface area contributed by atoms with Crippen LogP contribution in [0.3, 0.4) is 0 Å². The van der Waals surface area contributed by atoms with Crippen molar-refractivity contribution in [3.63, 3.8) is 0 Å². The van der Waals surface area contributed by atoms with Crippen molar-refractivity contribution in [2.24, 2.45) is 0 Å². The molecule has 0 saturated heterocycles. The number of carboxylic acid groups (broad SMARTS) is 1. The minimum atomic E-state index is -0.878. The van der Waals surface area contributed by atoms with Crippen LogP contribution in [-0.4, -0.2) is 42.1 Å². The Kier molecular flexibility index (Phi) is 4.72. The summed E-state index contributed by atoms with van der Waals surface area (Å²) in [6, 6.07) is 17.6. The molecule has 0 aliphatic heterocycles. The SMILES string of the molecule is C[C@H](Sc1nnc2n(CCOc3ccccc3)c3ccccc3n12)C(=O)O. The summed E-state index contributed by atoms with van der Waals surface area (Å²) >= 11 is 1.18. The molecule has 0 radical (unpaired) electrons. The minimum absolute atomic E-state index is 0.485. The van der Waals surface area contributed by atoms with Crippen molar-refractivity contribution in [2.75, 3.05) is 6.61 Å². The fraction of sp³-hybridized carbons (Fsp3) is 0.211. The lowest BCUT2D eigenvalue weighted by Crippen LogP contribution is -2.11. The average molecular weight is 382 g/mol. The Labute approximate surface area is 159 Å². The number of fused-ring (bicyclic) bond motifs is 3. The van der Waals surface area contributed by atoms with Gasteiger partial charge < -0.3 is 14.4 Å². The maximum atomic E-state index is 11.2. The molecule has 4 aromatic rings. The van der Waals surface area contributed by atoms with E-state index in [1.54, 1.807) is 6.92 Å². The predicted molar refractivity (Wildman–Crippen MR) is 103 cm³/mol.